The molecule has 1 fully saturated rings. The molecule has 0 radical (unpaired) electrons. The summed E-state index contributed by atoms with van der Waals surface area (Å²) in [6.07, 6.45) is 3.27. The van der Waals surface area contributed by atoms with Crippen LogP contribution in [-0.4, -0.2) is 43.7 Å². The Morgan fingerprint density at radius 1 is 1.34 bits per heavy atom. The minimum atomic E-state index is -0.224. The van der Waals surface area contributed by atoms with Crippen LogP contribution < -0.4 is 5.56 Å². The Bertz CT molecular complexity index is 1160. The fourth-order valence-electron chi connectivity index (χ4n) is 3.56. The molecular formula is C20H22N4O2S3. The number of piperidine rings is 1. The minimum absolute atomic E-state index is 0.0885. The normalized spacial score (nSPS) is 17.0. The maximum Gasteiger partial charge on any atom is 0.271 e. The predicted molar refractivity (Wildman–Crippen MR) is 121 cm³/mol. The van der Waals surface area contributed by atoms with Gasteiger partial charge in [-0.05, 0) is 57.5 Å². The van der Waals surface area contributed by atoms with E-state index in [1.165, 1.54) is 29.5 Å². The number of rotatable bonds is 4. The fourth-order valence-corrected chi connectivity index (χ4v) is 5.58. The third-order valence-corrected chi connectivity index (χ3v) is 7.39. The van der Waals surface area contributed by atoms with E-state index in [-0.39, 0.29) is 23.3 Å². The minimum Gasteiger partial charge on any atom is -0.339 e. The molecule has 6 nitrogen and oxygen atoms in total. The standard InChI is InChI=1S/C20H22N4O2S3/c1-12-6-8-14(9-7-12)24-17-16(29-20(24)27)18(26)22-19(21-17)28-11-15(25)23-10-4-3-5-13(23)2/h6-9,13H,3-5,10-11H2,1-2H3,(H,21,22,26). The van der Waals surface area contributed by atoms with Gasteiger partial charge in [-0.1, -0.05) is 40.8 Å². The molecule has 1 amide bonds. The number of carbonyl (C=O) groups excluding carboxylic acids is 1. The number of benzene rings is 1. The summed E-state index contributed by atoms with van der Waals surface area (Å²) >= 11 is 8.01. The molecule has 1 N–H and O–H groups in total. The number of fused-ring (bicyclic) bond motifs is 1. The van der Waals surface area contributed by atoms with Crippen LogP contribution in [0.4, 0.5) is 0 Å². The van der Waals surface area contributed by atoms with Crippen LogP contribution in [0.1, 0.15) is 31.7 Å². The lowest BCUT2D eigenvalue weighted by molar-refractivity contribution is -0.131. The first-order valence-electron chi connectivity index (χ1n) is 9.59. The molecule has 9 heteroatoms. The number of aryl methyl sites for hydroxylation is 1. The Kier molecular flexibility index (Phi) is 5.89. The van der Waals surface area contributed by atoms with Crippen LogP contribution in [0.25, 0.3) is 16.0 Å². The zero-order valence-corrected chi connectivity index (χ0v) is 18.8. The van der Waals surface area contributed by atoms with Crippen LogP contribution in [0.2, 0.25) is 0 Å². The van der Waals surface area contributed by atoms with Crippen molar-refractivity contribution in [1.29, 1.82) is 0 Å². The van der Waals surface area contributed by atoms with Gasteiger partial charge in [-0.3, -0.25) is 14.2 Å². The van der Waals surface area contributed by atoms with Gasteiger partial charge in [0, 0.05) is 18.3 Å². The highest BCUT2D eigenvalue weighted by Crippen LogP contribution is 2.25. The number of H-pyrrole nitrogens is 1. The zero-order chi connectivity index (χ0) is 20.5. The van der Waals surface area contributed by atoms with Crippen LogP contribution in [-0.2, 0) is 4.79 Å². The van der Waals surface area contributed by atoms with Crippen molar-refractivity contribution in [3.8, 4) is 5.69 Å². The largest absolute Gasteiger partial charge is 0.339 e. The number of nitrogens with zero attached hydrogens (tertiary/aromatic N) is 3. The first-order valence-corrected chi connectivity index (χ1v) is 11.8. The van der Waals surface area contributed by atoms with Gasteiger partial charge in [0.25, 0.3) is 5.56 Å². The van der Waals surface area contributed by atoms with Crippen molar-refractivity contribution in [3.63, 3.8) is 0 Å². The average Bonchev–Trinajstić information content (AvgIpc) is 3.04. The molecule has 1 aliphatic heterocycles. The summed E-state index contributed by atoms with van der Waals surface area (Å²) < 4.78 is 2.89. The molecule has 0 bridgehead atoms. The van der Waals surface area contributed by atoms with Crippen molar-refractivity contribution in [2.75, 3.05) is 12.3 Å². The van der Waals surface area contributed by atoms with Gasteiger partial charge < -0.3 is 9.88 Å². The van der Waals surface area contributed by atoms with E-state index in [9.17, 15) is 9.59 Å². The molecule has 0 spiro atoms. The number of carbonyl (C=O) groups is 1. The van der Waals surface area contributed by atoms with Gasteiger partial charge in [0.15, 0.2) is 14.8 Å². The molecule has 152 valence electrons. The first kappa shape index (κ1) is 20.3. The topological polar surface area (TPSA) is 71.0 Å². The highest BCUT2D eigenvalue weighted by atomic mass is 32.2. The summed E-state index contributed by atoms with van der Waals surface area (Å²) in [5.41, 5.74) is 2.33. The zero-order valence-electron chi connectivity index (χ0n) is 16.3. The predicted octanol–water partition coefficient (Wildman–Crippen LogP) is 4.31. The van der Waals surface area contributed by atoms with Gasteiger partial charge in [-0.2, -0.15) is 0 Å². The van der Waals surface area contributed by atoms with Crippen molar-refractivity contribution in [1.82, 2.24) is 19.4 Å². The van der Waals surface area contributed by atoms with Crippen LogP contribution in [0.5, 0.6) is 0 Å². The Hall–Kier alpha value is -1.97. The Morgan fingerprint density at radius 2 is 2.10 bits per heavy atom. The molecule has 3 aromatic rings. The van der Waals surface area contributed by atoms with E-state index in [0.717, 1.165) is 30.6 Å². The molecule has 1 aromatic carbocycles. The summed E-state index contributed by atoms with van der Waals surface area (Å²) in [4.78, 5) is 34.6. The van der Waals surface area contributed by atoms with Gasteiger partial charge in [-0.15, -0.1) is 0 Å². The third kappa shape index (κ3) is 4.17. The lowest BCUT2D eigenvalue weighted by atomic mass is 10.0. The first-order chi connectivity index (χ1) is 13.9. The molecule has 29 heavy (non-hydrogen) atoms. The van der Waals surface area contributed by atoms with Crippen LogP contribution in [0.15, 0.2) is 34.2 Å². The summed E-state index contributed by atoms with van der Waals surface area (Å²) in [5.74, 6) is 0.347. The summed E-state index contributed by atoms with van der Waals surface area (Å²) in [5, 5.41) is 0.439. The van der Waals surface area contributed by atoms with E-state index in [0.29, 0.717) is 19.5 Å². The van der Waals surface area contributed by atoms with E-state index < -0.39 is 0 Å². The molecule has 1 saturated heterocycles. The number of nitrogens with one attached hydrogen (secondary N) is 1. The van der Waals surface area contributed by atoms with E-state index in [1.807, 2.05) is 40.7 Å². The van der Waals surface area contributed by atoms with E-state index >= 15 is 0 Å². The van der Waals surface area contributed by atoms with Crippen molar-refractivity contribution in [2.45, 2.75) is 44.3 Å². The van der Waals surface area contributed by atoms with Crippen LogP contribution in [0, 0.1) is 10.9 Å². The number of thiazole rings is 1. The smallest absolute Gasteiger partial charge is 0.271 e. The molecule has 1 atom stereocenters. The molecule has 2 aromatic heterocycles. The Balaban J connectivity index is 1.63. The maximum absolute atomic E-state index is 12.6. The molecule has 3 heterocycles. The average molecular weight is 447 g/mol. The maximum atomic E-state index is 12.6. The number of thioether (sulfide) groups is 1. The second-order valence-corrected chi connectivity index (χ2v) is 9.89. The number of likely N-dealkylation sites (tertiary alicyclic amines) is 1. The Labute approximate surface area is 182 Å². The third-order valence-electron chi connectivity index (χ3n) is 5.17. The van der Waals surface area contributed by atoms with E-state index in [4.69, 9.17) is 12.2 Å². The molecule has 4 rings (SSSR count). The highest BCUT2D eigenvalue weighted by Gasteiger charge is 2.23. The number of hydrogen-bond donors (Lipinski definition) is 1. The van der Waals surface area contributed by atoms with Crippen molar-refractivity contribution < 1.29 is 4.79 Å². The van der Waals surface area contributed by atoms with Gasteiger partial charge in [0.05, 0.1) is 5.75 Å². The summed E-state index contributed by atoms with van der Waals surface area (Å²) in [6.45, 7) is 4.92. The van der Waals surface area contributed by atoms with Crippen LogP contribution >= 0.6 is 35.3 Å². The molecular weight excluding hydrogens is 424 g/mol. The van der Waals surface area contributed by atoms with Gasteiger partial charge in [-0.25, -0.2) is 4.98 Å². The van der Waals surface area contributed by atoms with Gasteiger partial charge in [0.1, 0.15) is 4.70 Å². The van der Waals surface area contributed by atoms with E-state index in [2.05, 4.69) is 16.9 Å². The molecule has 0 saturated carbocycles. The lowest BCUT2D eigenvalue weighted by Gasteiger charge is -2.33. The summed E-state index contributed by atoms with van der Waals surface area (Å²) in [6, 6.07) is 8.21. The van der Waals surface area contributed by atoms with Gasteiger partial charge >= 0.3 is 0 Å². The SMILES string of the molecule is Cc1ccc(-n2c(=S)sc3c(=O)[nH]c(SCC(=O)N4CCCCC4C)nc32)cc1. The van der Waals surface area contributed by atoms with Crippen molar-refractivity contribution in [2.24, 2.45) is 0 Å². The van der Waals surface area contributed by atoms with Crippen LogP contribution in [0.3, 0.4) is 0 Å². The highest BCUT2D eigenvalue weighted by molar-refractivity contribution is 7.99. The monoisotopic (exact) mass is 446 g/mol. The van der Waals surface area contributed by atoms with E-state index in [1.54, 1.807) is 0 Å². The number of amides is 1. The fraction of sp³-hybridized carbons (Fsp3) is 0.400. The van der Waals surface area contributed by atoms with Crippen molar-refractivity contribution in [3.05, 3.63) is 44.1 Å². The number of hydrogen-bond acceptors (Lipinski definition) is 6. The summed E-state index contributed by atoms with van der Waals surface area (Å²) in [7, 11) is 0. The molecule has 0 aliphatic carbocycles. The number of aromatic nitrogens is 3. The number of aromatic amines is 1. The van der Waals surface area contributed by atoms with Crippen molar-refractivity contribution >= 4 is 51.6 Å². The second kappa shape index (κ2) is 8.41. The molecule has 1 unspecified atom stereocenters. The van der Waals surface area contributed by atoms with Gasteiger partial charge in [0.2, 0.25) is 5.91 Å². The molecule has 1 aliphatic rings. The quantitative estimate of drug-likeness (QED) is 0.367. The lowest BCUT2D eigenvalue weighted by Crippen LogP contribution is -2.43. The Morgan fingerprint density at radius 3 is 2.83 bits per heavy atom. The second-order valence-electron chi connectivity index (χ2n) is 7.28.